The van der Waals surface area contributed by atoms with Crippen LogP contribution in [0.25, 0.3) is 10.6 Å². The zero-order valence-corrected chi connectivity index (χ0v) is 18.3. The number of ketones is 1. The Morgan fingerprint density at radius 3 is 2.15 bits per heavy atom. The molecule has 33 heavy (non-hydrogen) atoms. The molecule has 0 fully saturated rings. The van der Waals surface area contributed by atoms with E-state index < -0.39 is 5.91 Å². The highest BCUT2D eigenvalue weighted by Crippen LogP contribution is 2.27. The number of aromatic nitrogens is 2. The predicted octanol–water partition coefficient (Wildman–Crippen LogP) is 5.06. The molecule has 2 amide bonds. The lowest BCUT2D eigenvalue weighted by Crippen LogP contribution is -2.18. The monoisotopic (exact) mass is 456 g/mol. The molecule has 0 saturated heterocycles. The van der Waals surface area contributed by atoms with Crippen LogP contribution in [0.5, 0.6) is 0 Å². The van der Waals surface area contributed by atoms with Crippen LogP contribution < -0.4 is 10.6 Å². The van der Waals surface area contributed by atoms with E-state index in [2.05, 4.69) is 20.8 Å². The molecule has 0 aliphatic heterocycles. The number of carbonyl (C=O) groups is 3. The highest BCUT2D eigenvalue weighted by molar-refractivity contribution is 7.18. The van der Waals surface area contributed by atoms with Gasteiger partial charge in [0.25, 0.3) is 5.91 Å². The van der Waals surface area contributed by atoms with Crippen LogP contribution in [0.4, 0.5) is 10.8 Å². The first-order valence-electron chi connectivity index (χ1n) is 10.3. The Morgan fingerprint density at radius 2 is 1.39 bits per heavy atom. The van der Waals surface area contributed by atoms with E-state index in [-0.39, 0.29) is 30.1 Å². The van der Waals surface area contributed by atoms with Crippen molar-refractivity contribution in [2.45, 2.75) is 12.8 Å². The van der Waals surface area contributed by atoms with Gasteiger partial charge in [-0.25, -0.2) is 0 Å². The second-order valence-corrected chi connectivity index (χ2v) is 8.09. The molecule has 0 aliphatic carbocycles. The normalized spacial score (nSPS) is 10.4. The van der Waals surface area contributed by atoms with Gasteiger partial charge in [0.15, 0.2) is 5.78 Å². The number of hydrogen-bond donors (Lipinski definition) is 2. The maximum Gasteiger partial charge on any atom is 0.259 e. The number of hydrogen-bond acceptors (Lipinski definition) is 6. The van der Waals surface area contributed by atoms with Crippen molar-refractivity contribution >= 4 is 39.8 Å². The van der Waals surface area contributed by atoms with E-state index in [0.717, 1.165) is 5.56 Å². The van der Waals surface area contributed by atoms with Crippen molar-refractivity contribution in [2.75, 3.05) is 10.6 Å². The molecule has 4 rings (SSSR count). The van der Waals surface area contributed by atoms with Crippen molar-refractivity contribution in [3.05, 3.63) is 96.1 Å². The molecule has 7 nitrogen and oxygen atoms in total. The number of amides is 2. The summed E-state index contributed by atoms with van der Waals surface area (Å²) in [6.07, 6.45) is 0.0950. The summed E-state index contributed by atoms with van der Waals surface area (Å²) >= 11 is 1.26. The Balaban J connectivity index is 1.39. The fraction of sp³-hybridized carbons (Fsp3) is 0.0800. The first-order chi connectivity index (χ1) is 16.1. The molecule has 0 saturated carbocycles. The van der Waals surface area contributed by atoms with Crippen LogP contribution in [0, 0.1) is 0 Å². The first-order valence-corrected chi connectivity index (χ1v) is 11.1. The minimum Gasteiger partial charge on any atom is -0.325 e. The minimum atomic E-state index is -0.415. The lowest BCUT2D eigenvalue weighted by Gasteiger charge is -2.10. The quantitative estimate of drug-likeness (QED) is 0.361. The SMILES string of the molecule is O=C(CCC(=O)c1ccccc1)Nc1ccccc1C(=O)Nc1nnc(-c2ccccc2)s1. The van der Waals surface area contributed by atoms with Crippen LogP contribution in [0.2, 0.25) is 0 Å². The maximum atomic E-state index is 12.8. The molecule has 3 aromatic carbocycles. The van der Waals surface area contributed by atoms with Gasteiger partial charge in [-0.15, -0.1) is 10.2 Å². The van der Waals surface area contributed by atoms with Crippen molar-refractivity contribution in [3.8, 4) is 10.6 Å². The van der Waals surface area contributed by atoms with Gasteiger partial charge in [0.2, 0.25) is 11.0 Å². The molecule has 2 N–H and O–H groups in total. The molecular formula is C25H20N4O3S. The average Bonchev–Trinajstić information content (AvgIpc) is 3.32. The van der Waals surface area contributed by atoms with Crippen molar-refractivity contribution in [2.24, 2.45) is 0 Å². The summed E-state index contributed by atoms with van der Waals surface area (Å²) in [6, 6.07) is 25.1. The van der Waals surface area contributed by atoms with E-state index in [0.29, 0.717) is 21.4 Å². The van der Waals surface area contributed by atoms with E-state index >= 15 is 0 Å². The molecule has 164 valence electrons. The number of Topliss-reactive ketones (excluding diaryl/α,β-unsaturated/α-hetero) is 1. The van der Waals surface area contributed by atoms with Crippen LogP contribution >= 0.6 is 11.3 Å². The summed E-state index contributed by atoms with van der Waals surface area (Å²) in [4.78, 5) is 37.5. The van der Waals surface area contributed by atoms with Gasteiger partial charge in [-0.05, 0) is 12.1 Å². The molecule has 4 aromatic rings. The Kier molecular flexibility index (Phi) is 6.96. The van der Waals surface area contributed by atoms with Crippen molar-refractivity contribution in [1.82, 2.24) is 10.2 Å². The van der Waals surface area contributed by atoms with Gasteiger partial charge in [0, 0.05) is 24.0 Å². The van der Waals surface area contributed by atoms with E-state index in [1.807, 2.05) is 36.4 Å². The Labute approximate surface area is 194 Å². The number of para-hydroxylation sites is 1. The fourth-order valence-electron chi connectivity index (χ4n) is 3.13. The lowest BCUT2D eigenvalue weighted by molar-refractivity contribution is -0.116. The number of anilines is 2. The smallest absolute Gasteiger partial charge is 0.259 e. The third-order valence-corrected chi connectivity index (χ3v) is 5.67. The second kappa shape index (κ2) is 10.4. The molecule has 8 heteroatoms. The third-order valence-electron chi connectivity index (χ3n) is 4.79. The predicted molar refractivity (Wildman–Crippen MR) is 128 cm³/mol. The Morgan fingerprint density at radius 1 is 0.727 bits per heavy atom. The van der Waals surface area contributed by atoms with E-state index in [4.69, 9.17) is 0 Å². The van der Waals surface area contributed by atoms with Gasteiger partial charge in [-0.2, -0.15) is 0 Å². The molecule has 0 radical (unpaired) electrons. The van der Waals surface area contributed by atoms with Crippen LogP contribution in [0.1, 0.15) is 33.6 Å². The molecule has 1 heterocycles. The van der Waals surface area contributed by atoms with Gasteiger partial charge in [0.1, 0.15) is 5.01 Å². The fourth-order valence-corrected chi connectivity index (χ4v) is 3.88. The number of benzene rings is 3. The minimum absolute atomic E-state index is 0.0144. The molecule has 0 aliphatic rings. The molecule has 0 unspecified atom stereocenters. The molecule has 0 spiro atoms. The zero-order valence-electron chi connectivity index (χ0n) is 17.5. The summed E-state index contributed by atoms with van der Waals surface area (Å²) in [5, 5.41) is 14.7. The summed E-state index contributed by atoms with van der Waals surface area (Å²) < 4.78 is 0. The molecular weight excluding hydrogens is 436 g/mol. The largest absolute Gasteiger partial charge is 0.325 e. The van der Waals surface area contributed by atoms with Crippen molar-refractivity contribution in [1.29, 1.82) is 0 Å². The van der Waals surface area contributed by atoms with Crippen LogP contribution in [-0.4, -0.2) is 27.8 Å². The Hall–Kier alpha value is -4.17. The van der Waals surface area contributed by atoms with Gasteiger partial charge in [0.05, 0.1) is 11.3 Å². The standard InChI is InChI=1S/C25H20N4O3S/c30-21(17-9-3-1-4-10-17)15-16-22(31)26-20-14-8-7-13-19(20)23(32)27-25-29-28-24(33-25)18-11-5-2-6-12-18/h1-14H,15-16H2,(H,26,31)(H,27,29,32). The molecule has 0 atom stereocenters. The maximum absolute atomic E-state index is 12.8. The lowest BCUT2D eigenvalue weighted by atomic mass is 10.1. The molecule has 0 bridgehead atoms. The zero-order chi connectivity index (χ0) is 23.0. The number of nitrogens with one attached hydrogen (secondary N) is 2. The van der Waals surface area contributed by atoms with Gasteiger partial charge in [-0.3, -0.25) is 19.7 Å². The van der Waals surface area contributed by atoms with Crippen LogP contribution in [-0.2, 0) is 4.79 Å². The van der Waals surface area contributed by atoms with E-state index in [1.54, 1.807) is 48.5 Å². The second-order valence-electron chi connectivity index (χ2n) is 7.12. The molecule has 1 aromatic heterocycles. The van der Waals surface area contributed by atoms with Crippen LogP contribution in [0.3, 0.4) is 0 Å². The highest BCUT2D eigenvalue weighted by Gasteiger charge is 2.16. The Bertz CT molecular complexity index is 1270. The van der Waals surface area contributed by atoms with Crippen molar-refractivity contribution < 1.29 is 14.4 Å². The summed E-state index contributed by atoms with van der Waals surface area (Å²) in [5.74, 6) is -0.869. The number of nitrogens with zero attached hydrogens (tertiary/aromatic N) is 2. The van der Waals surface area contributed by atoms with Crippen molar-refractivity contribution in [3.63, 3.8) is 0 Å². The highest BCUT2D eigenvalue weighted by atomic mass is 32.1. The van der Waals surface area contributed by atoms with Gasteiger partial charge >= 0.3 is 0 Å². The number of carbonyl (C=O) groups excluding carboxylic acids is 3. The van der Waals surface area contributed by atoms with E-state index in [1.165, 1.54) is 11.3 Å². The first kappa shape index (κ1) is 22.0. The summed E-state index contributed by atoms with van der Waals surface area (Å²) in [7, 11) is 0. The third kappa shape index (κ3) is 5.75. The summed E-state index contributed by atoms with van der Waals surface area (Å²) in [6.45, 7) is 0. The topological polar surface area (TPSA) is 101 Å². The number of rotatable bonds is 8. The van der Waals surface area contributed by atoms with Gasteiger partial charge < -0.3 is 5.32 Å². The summed E-state index contributed by atoms with van der Waals surface area (Å²) in [5.41, 5.74) is 2.13. The van der Waals surface area contributed by atoms with Crippen LogP contribution in [0.15, 0.2) is 84.9 Å². The van der Waals surface area contributed by atoms with Gasteiger partial charge in [-0.1, -0.05) is 84.1 Å². The average molecular weight is 457 g/mol. The van der Waals surface area contributed by atoms with E-state index in [9.17, 15) is 14.4 Å².